The summed E-state index contributed by atoms with van der Waals surface area (Å²) < 4.78 is 50.8. The van der Waals surface area contributed by atoms with E-state index in [1.807, 2.05) is 0 Å². The van der Waals surface area contributed by atoms with E-state index in [9.17, 15) is 22.8 Å². The van der Waals surface area contributed by atoms with Crippen LogP contribution in [0.5, 0.6) is 11.5 Å². The highest BCUT2D eigenvalue weighted by Gasteiger charge is 2.34. The molecule has 0 unspecified atom stereocenters. The maximum atomic E-state index is 13.4. The van der Waals surface area contributed by atoms with E-state index < -0.39 is 11.9 Å². The molecule has 2 heterocycles. The first-order valence-electron chi connectivity index (χ1n) is 10.1. The van der Waals surface area contributed by atoms with Crippen molar-refractivity contribution in [3.8, 4) is 22.8 Å². The Morgan fingerprint density at radius 2 is 1.76 bits per heavy atom. The molecular weight excluding hydrogens is 471 g/mol. The molecule has 4 rings (SSSR count). The third-order valence-electron chi connectivity index (χ3n) is 4.80. The van der Waals surface area contributed by atoms with E-state index in [-0.39, 0.29) is 41.5 Å². The fourth-order valence-electron chi connectivity index (χ4n) is 3.09. The number of anilines is 1. The molecule has 0 radical (unpaired) electrons. The monoisotopic (exact) mass is 489 g/mol. The number of amides is 1. The zero-order valence-electron chi connectivity index (χ0n) is 17.8. The van der Waals surface area contributed by atoms with E-state index in [0.717, 1.165) is 17.8 Å². The molecule has 1 amide bonds. The van der Waals surface area contributed by atoms with Gasteiger partial charge in [-0.15, -0.1) is 0 Å². The summed E-state index contributed by atoms with van der Waals surface area (Å²) in [5.74, 6) is 0.679. The third-order valence-corrected chi connectivity index (χ3v) is 5.65. The van der Waals surface area contributed by atoms with Crippen molar-refractivity contribution in [3.05, 3.63) is 59.8 Å². The summed E-state index contributed by atoms with van der Waals surface area (Å²) in [6, 6.07) is 12.0. The maximum Gasteiger partial charge on any atom is 0.433 e. The molecule has 1 N–H and O–H groups in total. The molecular formula is C23H18F3N3O4S. The fourth-order valence-corrected chi connectivity index (χ4v) is 3.88. The van der Waals surface area contributed by atoms with Gasteiger partial charge in [-0.2, -0.15) is 13.2 Å². The van der Waals surface area contributed by atoms with Crippen molar-refractivity contribution in [1.29, 1.82) is 0 Å². The number of carbonyl (C=O) groups excluding carboxylic acids is 2. The molecule has 0 spiro atoms. The van der Waals surface area contributed by atoms with Gasteiger partial charge in [0.25, 0.3) is 0 Å². The molecule has 0 aliphatic carbocycles. The van der Waals surface area contributed by atoms with Gasteiger partial charge < -0.3 is 14.8 Å². The average molecular weight is 489 g/mol. The Morgan fingerprint density at radius 3 is 2.47 bits per heavy atom. The number of hydrogen-bond acceptors (Lipinski definition) is 7. The number of thioether (sulfide) groups is 1. The van der Waals surface area contributed by atoms with Crippen molar-refractivity contribution in [2.45, 2.75) is 24.7 Å². The van der Waals surface area contributed by atoms with Crippen LogP contribution in [0.3, 0.4) is 0 Å². The molecule has 1 aliphatic heterocycles. The first kappa shape index (κ1) is 23.6. The lowest BCUT2D eigenvalue weighted by Gasteiger charge is -2.11. The fraction of sp³-hybridized carbons (Fsp3) is 0.217. The largest absolute Gasteiger partial charge is 0.454 e. The number of aromatic nitrogens is 2. The number of carbonyl (C=O) groups is 2. The molecule has 0 saturated carbocycles. The Hall–Kier alpha value is -3.60. The molecule has 11 heteroatoms. The molecule has 34 heavy (non-hydrogen) atoms. The summed E-state index contributed by atoms with van der Waals surface area (Å²) in [5.41, 5.74) is 0.463. The van der Waals surface area contributed by atoms with Crippen molar-refractivity contribution >= 4 is 29.1 Å². The zero-order chi connectivity index (χ0) is 24.3. The first-order valence-corrected chi connectivity index (χ1v) is 11.1. The summed E-state index contributed by atoms with van der Waals surface area (Å²) in [4.78, 5) is 31.4. The van der Waals surface area contributed by atoms with Gasteiger partial charge in [-0.05, 0) is 55.5 Å². The quantitative estimate of drug-likeness (QED) is 0.277. The molecule has 0 fully saturated rings. The predicted molar refractivity (Wildman–Crippen MR) is 119 cm³/mol. The number of Topliss-reactive ketones (excluding diaryl/α,β-unsaturated/α-hetero) is 1. The summed E-state index contributed by atoms with van der Waals surface area (Å²) in [6.45, 7) is 1.49. The van der Waals surface area contributed by atoms with Gasteiger partial charge in [0.1, 0.15) is 5.69 Å². The highest BCUT2D eigenvalue weighted by Crippen LogP contribution is 2.37. The number of benzene rings is 2. The second-order valence-corrected chi connectivity index (χ2v) is 8.33. The van der Waals surface area contributed by atoms with E-state index in [1.54, 1.807) is 42.5 Å². The van der Waals surface area contributed by atoms with Gasteiger partial charge in [0.2, 0.25) is 12.7 Å². The smallest absolute Gasteiger partial charge is 0.433 e. The van der Waals surface area contributed by atoms with Gasteiger partial charge >= 0.3 is 6.18 Å². The summed E-state index contributed by atoms with van der Waals surface area (Å²) in [7, 11) is 0. The van der Waals surface area contributed by atoms with Crippen LogP contribution in [0, 0.1) is 0 Å². The molecule has 3 aromatic rings. The first-order chi connectivity index (χ1) is 16.2. The van der Waals surface area contributed by atoms with Crippen molar-refractivity contribution in [3.63, 3.8) is 0 Å². The van der Waals surface area contributed by atoms with Crippen LogP contribution in [0.4, 0.5) is 18.9 Å². The Morgan fingerprint density at radius 1 is 1.03 bits per heavy atom. The topological polar surface area (TPSA) is 90.4 Å². The molecule has 0 saturated heterocycles. The minimum Gasteiger partial charge on any atom is -0.454 e. The molecule has 7 nitrogen and oxygen atoms in total. The second kappa shape index (κ2) is 9.72. The van der Waals surface area contributed by atoms with Crippen molar-refractivity contribution in [2.75, 3.05) is 17.9 Å². The van der Waals surface area contributed by atoms with Crippen LogP contribution < -0.4 is 14.8 Å². The van der Waals surface area contributed by atoms with Crippen LogP contribution in [-0.2, 0) is 11.0 Å². The van der Waals surface area contributed by atoms with Crippen LogP contribution >= 0.6 is 11.8 Å². The number of halogens is 3. The predicted octanol–water partition coefficient (Wildman–Crippen LogP) is 5.21. The Bertz CT molecular complexity index is 1230. The van der Waals surface area contributed by atoms with Crippen LogP contribution in [0.15, 0.2) is 53.7 Å². The highest BCUT2D eigenvalue weighted by molar-refractivity contribution is 7.99. The van der Waals surface area contributed by atoms with Crippen molar-refractivity contribution in [2.24, 2.45) is 0 Å². The summed E-state index contributed by atoms with van der Waals surface area (Å²) >= 11 is 0.947. The lowest BCUT2D eigenvalue weighted by molar-refractivity contribution is -0.141. The Balaban J connectivity index is 1.44. The van der Waals surface area contributed by atoms with Gasteiger partial charge in [0, 0.05) is 29.0 Å². The molecule has 0 bridgehead atoms. The van der Waals surface area contributed by atoms with E-state index in [4.69, 9.17) is 9.47 Å². The number of rotatable bonds is 7. The SMILES string of the molecule is CC(=O)c1ccc(NC(=O)CCSc2nc(-c3ccc4c(c3)OCO4)cc(C(F)(F)F)n2)cc1. The highest BCUT2D eigenvalue weighted by atomic mass is 32.2. The van der Waals surface area contributed by atoms with E-state index in [0.29, 0.717) is 28.3 Å². The van der Waals surface area contributed by atoms with Crippen molar-refractivity contribution < 1.29 is 32.2 Å². The zero-order valence-corrected chi connectivity index (χ0v) is 18.6. The van der Waals surface area contributed by atoms with Crippen LogP contribution in [0.1, 0.15) is 29.4 Å². The van der Waals surface area contributed by atoms with Crippen molar-refractivity contribution in [1.82, 2.24) is 9.97 Å². The number of hydrogen-bond donors (Lipinski definition) is 1. The number of nitrogens with one attached hydrogen (secondary N) is 1. The molecule has 1 aliphatic rings. The van der Waals surface area contributed by atoms with Crippen LogP contribution in [0.25, 0.3) is 11.3 Å². The Kier molecular flexibility index (Phi) is 6.73. The van der Waals surface area contributed by atoms with Crippen LogP contribution in [0.2, 0.25) is 0 Å². The number of fused-ring (bicyclic) bond motifs is 1. The average Bonchev–Trinajstić information content (AvgIpc) is 3.26. The van der Waals surface area contributed by atoms with Gasteiger partial charge in [-0.1, -0.05) is 11.8 Å². The standard InChI is InChI=1S/C23H18F3N3O4S/c1-13(30)14-2-5-16(6-3-14)27-21(31)8-9-34-22-28-17(11-20(29-22)23(24,25)26)15-4-7-18-19(10-15)33-12-32-18/h2-7,10-11H,8-9,12H2,1H3,(H,27,31). The lowest BCUT2D eigenvalue weighted by atomic mass is 10.1. The van der Waals surface area contributed by atoms with E-state index >= 15 is 0 Å². The van der Waals surface area contributed by atoms with E-state index in [1.165, 1.54) is 6.92 Å². The van der Waals surface area contributed by atoms with Gasteiger partial charge in [-0.25, -0.2) is 9.97 Å². The third kappa shape index (κ3) is 5.66. The maximum absolute atomic E-state index is 13.4. The molecule has 176 valence electrons. The summed E-state index contributed by atoms with van der Waals surface area (Å²) in [5, 5.41) is 2.58. The summed E-state index contributed by atoms with van der Waals surface area (Å²) in [6.07, 6.45) is -4.63. The van der Waals surface area contributed by atoms with E-state index in [2.05, 4.69) is 15.3 Å². The minimum absolute atomic E-state index is 0.0259. The number of ketones is 1. The van der Waals surface area contributed by atoms with Crippen LogP contribution in [-0.4, -0.2) is 34.2 Å². The molecule has 0 atom stereocenters. The number of nitrogens with zero attached hydrogens (tertiary/aromatic N) is 2. The normalized spacial score (nSPS) is 12.5. The minimum atomic E-state index is -4.66. The van der Waals surface area contributed by atoms with Gasteiger partial charge in [-0.3, -0.25) is 9.59 Å². The Labute approximate surface area is 196 Å². The number of alkyl halides is 3. The van der Waals surface area contributed by atoms with Gasteiger partial charge in [0.15, 0.2) is 22.4 Å². The molecule has 1 aromatic heterocycles. The molecule has 2 aromatic carbocycles. The number of ether oxygens (including phenoxy) is 2. The lowest BCUT2D eigenvalue weighted by Crippen LogP contribution is -2.13. The second-order valence-electron chi connectivity index (χ2n) is 7.27. The van der Waals surface area contributed by atoms with Gasteiger partial charge in [0.05, 0.1) is 5.69 Å².